The highest BCUT2D eigenvalue weighted by atomic mass is 32.1. The number of aliphatic hydroxyl groups excluding tert-OH is 1. The number of benzene rings is 1. The minimum Gasteiger partial charge on any atom is -0.497 e. The van der Waals surface area contributed by atoms with E-state index < -0.39 is 0 Å². The van der Waals surface area contributed by atoms with Gasteiger partial charge in [0.1, 0.15) is 22.9 Å². The van der Waals surface area contributed by atoms with Crippen molar-refractivity contribution >= 4 is 11.3 Å². The zero-order valence-corrected chi connectivity index (χ0v) is 12.9. The first-order valence-electron chi connectivity index (χ1n) is 6.45. The van der Waals surface area contributed by atoms with E-state index in [2.05, 4.69) is 15.3 Å². The molecule has 0 saturated carbocycles. The van der Waals surface area contributed by atoms with E-state index in [1.165, 1.54) is 11.3 Å². The third-order valence-corrected chi connectivity index (χ3v) is 3.86. The van der Waals surface area contributed by atoms with E-state index in [1.807, 2.05) is 17.5 Å². The molecule has 0 unspecified atom stereocenters. The zero-order valence-electron chi connectivity index (χ0n) is 12.1. The number of hydrogen-bond donors (Lipinski definition) is 1. The highest BCUT2D eigenvalue weighted by molar-refractivity contribution is 7.12. The van der Waals surface area contributed by atoms with Crippen molar-refractivity contribution in [2.75, 3.05) is 14.2 Å². The molecule has 114 valence electrons. The molecule has 3 aromatic rings. The summed E-state index contributed by atoms with van der Waals surface area (Å²) in [6.45, 7) is -0.222. The summed E-state index contributed by atoms with van der Waals surface area (Å²) in [4.78, 5) is 4.24. The number of rotatable bonds is 5. The molecule has 0 aliphatic carbocycles. The Morgan fingerprint density at radius 2 is 1.91 bits per heavy atom. The van der Waals surface area contributed by atoms with E-state index in [0.717, 1.165) is 5.56 Å². The second-order valence-corrected chi connectivity index (χ2v) is 5.24. The first kappa shape index (κ1) is 14.5. The molecule has 0 spiro atoms. The molecule has 8 heteroatoms. The monoisotopic (exact) mass is 318 g/mol. The van der Waals surface area contributed by atoms with Crippen molar-refractivity contribution in [3.05, 3.63) is 35.5 Å². The Morgan fingerprint density at radius 3 is 2.45 bits per heavy atom. The SMILES string of the molecule is COc1cc(OC)cc(-c2c(CO)nnn2-c2nccs2)c1. The first-order valence-corrected chi connectivity index (χ1v) is 7.33. The Kier molecular flexibility index (Phi) is 4.03. The van der Waals surface area contributed by atoms with Crippen LogP contribution in [0.1, 0.15) is 5.69 Å². The van der Waals surface area contributed by atoms with Gasteiger partial charge in [-0.25, -0.2) is 4.98 Å². The highest BCUT2D eigenvalue weighted by Crippen LogP contribution is 2.32. The van der Waals surface area contributed by atoms with Crippen LogP contribution in [0.5, 0.6) is 11.5 Å². The van der Waals surface area contributed by atoms with Crippen molar-refractivity contribution in [2.24, 2.45) is 0 Å². The summed E-state index contributed by atoms with van der Waals surface area (Å²) in [5, 5.41) is 20.2. The van der Waals surface area contributed by atoms with Gasteiger partial charge in [0.25, 0.3) is 0 Å². The average molecular weight is 318 g/mol. The molecular formula is C14H14N4O3S. The Bertz CT molecular complexity index is 748. The fourth-order valence-electron chi connectivity index (χ4n) is 2.11. The quantitative estimate of drug-likeness (QED) is 0.774. The lowest BCUT2D eigenvalue weighted by atomic mass is 10.1. The molecule has 0 saturated heterocycles. The van der Waals surface area contributed by atoms with Crippen LogP contribution in [0.4, 0.5) is 0 Å². The first-order chi connectivity index (χ1) is 10.8. The Hall–Kier alpha value is -2.45. The van der Waals surface area contributed by atoms with Crippen LogP contribution in [0.15, 0.2) is 29.8 Å². The lowest BCUT2D eigenvalue weighted by molar-refractivity contribution is 0.277. The molecule has 1 N–H and O–H groups in total. The molecule has 2 aromatic heterocycles. The molecule has 0 fully saturated rings. The van der Waals surface area contributed by atoms with Crippen LogP contribution in [0.3, 0.4) is 0 Å². The molecule has 0 aliphatic rings. The lowest BCUT2D eigenvalue weighted by Crippen LogP contribution is -2.00. The largest absolute Gasteiger partial charge is 0.497 e. The second kappa shape index (κ2) is 6.12. The van der Waals surface area contributed by atoms with Crippen LogP contribution in [0.25, 0.3) is 16.4 Å². The zero-order chi connectivity index (χ0) is 15.5. The maximum Gasteiger partial charge on any atom is 0.212 e. The predicted molar refractivity (Wildman–Crippen MR) is 81.5 cm³/mol. The molecule has 0 atom stereocenters. The van der Waals surface area contributed by atoms with Gasteiger partial charge in [-0.1, -0.05) is 5.21 Å². The lowest BCUT2D eigenvalue weighted by Gasteiger charge is -2.10. The number of thiazole rings is 1. The van der Waals surface area contributed by atoms with E-state index in [0.29, 0.717) is 28.0 Å². The Morgan fingerprint density at radius 1 is 1.18 bits per heavy atom. The standard InChI is InChI=1S/C14H14N4O3S/c1-20-10-5-9(6-11(7-10)21-2)13-12(8-19)16-17-18(13)14-15-3-4-22-14/h3-7,19H,8H2,1-2H3. The van der Waals surface area contributed by atoms with E-state index in [-0.39, 0.29) is 6.61 Å². The van der Waals surface area contributed by atoms with E-state index in [9.17, 15) is 5.11 Å². The third-order valence-electron chi connectivity index (χ3n) is 3.12. The van der Waals surface area contributed by atoms with Gasteiger partial charge in [-0.3, -0.25) is 0 Å². The fraction of sp³-hybridized carbons (Fsp3) is 0.214. The van der Waals surface area contributed by atoms with Gasteiger partial charge in [0.15, 0.2) is 0 Å². The van der Waals surface area contributed by atoms with Crippen molar-refractivity contribution in [3.8, 4) is 27.9 Å². The van der Waals surface area contributed by atoms with Gasteiger partial charge in [-0.05, 0) is 12.1 Å². The fourth-order valence-corrected chi connectivity index (χ4v) is 2.70. The number of nitrogens with zero attached hydrogens (tertiary/aromatic N) is 4. The molecule has 3 rings (SSSR count). The molecule has 1 aromatic carbocycles. The van der Waals surface area contributed by atoms with Gasteiger partial charge in [0, 0.05) is 23.2 Å². The van der Waals surface area contributed by atoms with Gasteiger partial charge in [-0.2, -0.15) is 4.68 Å². The van der Waals surface area contributed by atoms with Gasteiger partial charge in [0.05, 0.1) is 20.8 Å². The topological polar surface area (TPSA) is 82.3 Å². The second-order valence-electron chi connectivity index (χ2n) is 4.37. The van der Waals surface area contributed by atoms with Crippen LogP contribution in [0, 0.1) is 0 Å². The smallest absolute Gasteiger partial charge is 0.212 e. The van der Waals surface area contributed by atoms with Crippen LogP contribution in [0.2, 0.25) is 0 Å². The van der Waals surface area contributed by atoms with Crippen molar-refractivity contribution < 1.29 is 14.6 Å². The van der Waals surface area contributed by atoms with Crippen molar-refractivity contribution in [3.63, 3.8) is 0 Å². The predicted octanol–water partition coefficient (Wildman–Crippen LogP) is 1.90. The summed E-state index contributed by atoms with van der Waals surface area (Å²) in [7, 11) is 3.17. The maximum absolute atomic E-state index is 9.55. The summed E-state index contributed by atoms with van der Waals surface area (Å²) in [6.07, 6.45) is 1.69. The minimum absolute atomic E-state index is 0.222. The van der Waals surface area contributed by atoms with Crippen LogP contribution >= 0.6 is 11.3 Å². The highest BCUT2D eigenvalue weighted by Gasteiger charge is 2.18. The Balaban J connectivity index is 2.21. The minimum atomic E-state index is -0.222. The molecular weight excluding hydrogens is 304 g/mol. The maximum atomic E-state index is 9.55. The summed E-state index contributed by atoms with van der Waals surface area (Å²) in [5.41, 5.74) is 1.90. The van der Waals surface area contributed by atoms with Crippen molar-refractivity contribution in [1.29, 1.82) is 0 Å². The molecule has 22 heavy (non-hydrogen) atoms. The van der Waals surface area contributed by atoms with E-state index >= 15 is 0 Å². The van der Waals surface area contributed by atoms with Crippen molar-refractivity contribution in [2.45, 2.75) is 6.61 Å². The van der Waals surface area contributed by atoms with Gasteiger partial charge in [-0.15, -0.1) is 16.4 Å². The van der Waals surface area contributed by atoms with Crippen molar-refractivity contribution in [1.82, 2.24) is 20.0 Å². The molecule has 2 heterocycles. The number of methoxy groups -OCH3 is 2. The number of aromatic nitrogens is 4. The van der Waals surface area contributed by atoms with Gasteiger partial charge < -0.3 is 14.6 Å². The van der Waals surface area contributed by atoms with E-state index in [1.54, 1.807) is 31.2 Å². The summed E-state index contributed by atoms with van der Waals surface area (Å²) >= 11 is 1.43. The molecule has 0 aliphatic heterocycles. The van der Waals surface area contributed by atoms with Crippen LogP contribution in [-0.2, 0) is 6.61 Å². The average Bonchev–Trinajstić information content (AvgIpc) is 3.22. The molecule has 7 nitrogen and oxygen atoms in total. The molecule has 0 amide bonds. The third kappa shape index (κ3) is 2.53. The summed E-state index contributed by atoms with van der Waals surface area (Å²) in [6, 6.07) is 5.45. The molecule has 0 bridgehead atoms. The Labute approximate surface area is 130 Å². The summed E-state index contributed by atoms with van der Waals surface area (Å²) < 4.78 is 12.2. The van der Waals surface area contributed by atoms with E-state index in [4.69, 9.17) is 9.47 Å². The normalized spacial score (nSPS) is 10.7. The van der Waals surface area contributed by atoms with Gasteiger partial charge in [0.2, 0.25) is 5.13 Å². The summed E-state index contributed by atoms with van der Waals surface area (Å²) in [5.74, 6) is 1.29. The van der Waals surface area contributed by atoms with Crippen LogP contribution in [-0.4, -0.2) is 39.3 Å². The number of ether oxygens (including phenoxy) is 2. The van der Waals surface area contributed by atoms with Gasteiger partial charge >= 0.3 is 0 Å². The van der Waals surface area contributed by atoms with Crippen LogP contribution < -0.4 is 9.47 Å². The number of aliphatic hydroxyl groups is 1. The number of hydrogen-bond acceptors (Lipinski definition) is 7. The molecule has 0 radical (unpaired) electrons.